The first-order valence-corrected chi connectivity index (χ1v) is 10.4. The lowest BCUT2D eigenvalue weighted by Crippen LogP contribution is -2.08. The number of benzene rings is 1. The number of halogens is 2. The molecule has 3 heterocycles. The van der Waals surface area contributed by atoms with Gasteiger partial charge in [-0.3, -0.25) is 0 Å². The number of anilines is 2. The van der Waals surface area contributed by atoms with Crippen LogP contribution in [0.4, 0.5) is 20.4 Å². The van der Waals surface area contributed by atoms with Gasteiger partial charge < -0.3 is 19.0 Å². The molecule has 0 amide bonds. The van der Waals surface area contributed by atoms with Gasteiger partial charge >= 0.3 is 0 Å². The van der Waals surface area contributed by atoms with Crippen LogP contribution in [0.5, 0.6) is 11.6 Å². The van der Waals surface area contributed by atoms with E-state index < -0.39 is 11.6 Å². The zero-order valence-electron chi connectivity index (χ0n) is 16.2. The SMILES string of the molecule is CSOCc1cc2nc(c1)OCCCOc1cc(F)ccc1-c1cc(ncc1F)N2. The molecular weight excluding hydrogens is 412 g/mol. The fraction of sp³-hybridized carbons (Fsp3) is 0.238. The predicted molar refractivity (Wildman–Crippen MR) is 111 cm³/mol. The summed E-state index contributed by atoms with van der Waals surface area (Å²) in [6.45, 7) is 0.997. The van der Waals surface area contributed by atoms with Crippen LogP contribution in [0.3, 0.4) is 0 Å². The highest BCUT2D eigenvalue weighted by molar-refractivity contribution is 7.93. The van der Waals surface area contributed by atoms with Crippen molar-refractivity contribution in [2.45, 2.75) is 13.0 Å². The normalized spacial score (nSPS) is 13.3. The maximum Gasteiger partial charge on any atom is 0.215 e. The molecule has 0 unspecified atom stereocenters. The van der Waals surface area contributed by atoms with E-state index in [0.29, 0.717) is 42.7 Å². The standard InChI is InChI=1S/C21H19F2N3O3S/c1-30-29-12-13-7-20-25-19-10-16(17(23)11-24-19)15-4-3-14(22)9-18(15)27-5-2-6-28-21(8-13)26-20/h3-4,7-11H,2,5-6,12H2,1H3,(H,24,25,26). The quantitative estimate of drug-likeness (QED) is 0.577. The lowest BCUT2D eigenvalue weighted by Gasteiger charge is -2.16. The molecule has 1 aliphatic rings. The summed E-state index contributed by atoms with van der Waals surface area (Å²) >= 11 is 1.26. The molecule has 1 aromatic carbocycles. The number of nitrogens with one attached hydrogen (secondary N) is 1. The van der Waals surface area contributed by atoms with Gasteiger partial charge in [-0.05, 0) is 41.9 Å². The highest BCUT2D eigenvalue weighted by Crippen LogP contribution is 2.34. The van der Waals surface area contributed by atoms with Crippen molar-refractivity contribution in [1.29, 1.82) is 0 Å². The Hall–Kier alpha value is -2.91. The van der Waals surface area contributed by atoms with Crippen LogP contribution in [0.25, 0.3) is 11.1 Å². The van der Waals surface area contributed by atoms with Gasteiger partial charge in [0.05, 0.1) is 26.0 Å². The summed E-state index contributed by atoms with van der Waals surface area (Å²) in [5, 5.41) is 3.08. The average Bonchev–Trinajstić information content (AvgIpc) is 2.73. The second kappa shape index (κ2) is 9.27. The molecule has 30 heavy (non-hydrogen) atoms. The Labute approximate surface area is 176 Å². The number of hydrogen-bond donors (Lipinski definition) is 1. The number of pyridine rings is 2. The van der Waals surface area contributed by atoms with Gasteiger partial charge in [0.25, 0.3) is 0 Å². The van der Waals surface area contributed by atoms with Gasteiger partial charge in [0.1, 0.15) is 29.0 Å². The second-order valence-corrected chi connectivity index (χ2v) is 7.06. The Kier molecular flexibility index (Phi) is 6.29. The van der Waals surface area contributed by atoms with Gasteiger partial charge in [-0.25, -0.2) is 13.8 Å². The lowest BCUT2D eigenvalue weighted by molar-refractivity contribution is 0.242. The number of hydrogen-bond acceptors (Lipinski definition) is 7. The van der Waals surface area contributed by atoms with E-state index in [1.54, 1.807) is 6.07 Å². The molecule has 156 valence electrons. The summed E-state index contributed by atoms with van der Waals surface area (Å²) in [4.78, 5) is 8.54. The smallest absolute Gasteiger partial charge is 0.215 e. The van der Waals surface area contributed by atoms with Crippen LogP contribution >= 0.6 is 12.0 Å². The minimum atomic E-state index is -0.539. The summed E-state index contributed by atoms with van der Waals surface area (Å²) in [6, 6.07) is 9.15. The third-order valence-corrected chi connectivity index (χ3v) is 4.70. The van der Waals surface area contributed by atoms with Crippen molar-refractivity contribution in [3.63, 3.8) is 0 Å². The summed E-state index contributed by atoms with van der Waals surface area (Å²) < 4.78 is 45.2. The van der Waals surface area contributed by atoms with Gasteiger partial charge in [0.15, 0.2) is 0 Å². The summed E-state index contributed by atoms with van der Waals surface area (Å²) in [5.74, 6) is 0.549. The molecule has 1 aliphatic heterocycles. The monoisotopic (exact) mass is 431 g/mol. The molecule has 1 N–H and O–H groups in total. The Morgan fingerprint density at radius 2 is 1.93 bits per heavy atom. The molecule has 4 rings (SSSR count). The van der Waals surface area contributed by atoms with Crippen molar-refractivity contribution < 1.29 is 22.4 Å². The van der Waals surface area contributed by atoms with Crippen LogP contribution in [0.15, 0.2) is 42.6 Å². The number of rotatable bonds is 3. The molecule has 4 bridgehead atoms. The Bertz CT molecular complexity index is 1050. The number of fused-ring (bicyclic) bond motifs is 6. The molecule has 0 fully saturated rings. The highest BCUT2D eigenvalue weighted by Gasteiger charge is 2.15. The van der Waals surface area contributed by atoms with E-state index in [9.17, 15) is 8.78 Å². The molecule has 0 saturated carbocycles. The van der Waals surface area contributed by atoms with Crippen molar-refractivity contribution in [2.24, 2.45) is 0 Å². The lowest BCUT2D eigenvalue weighted by atomic mass is 10.0. The summed E-state index contributed by atoms with van der Waals surface area (Å²) in [7, 11) is 0. The van der Waals surface area contributed by atoms with Crippen molar-refractivity contribution in [3.05, 3.63) is 59.8 Å². The molecule has 9 heteroatoms. The van der Waals surface area contributed by atoms with Crippen LogP contribution in [0.2, 0.25) is 0 Å². The zero-order chi connectivity index (χ0) is 20.9. The molecule has 0 aliphatic carbocycles. The fourth-order valence-corrected chi connectivity index (χ4v) is 3.26. The largest absolute Gasteiger partial charge is 0.493 e. The predicted octanol–water partition coefficient (Wildman–Crippen LogP) is 5.12. The second-order valence-electron chi connectivity index (χ2n) is 6.49. The number of nitrogens with zero attached hydrogens (tertiary/aromatic N) is 2. The zero-order valence-corrected chi connectivity index (χ0v) is 17.0. The van der Waals surface area contributed by atoms with Crippen molar-refractivity contribution in [2.75, 3.05) is 24.8 Å². The molecule has 0 saturated heterocycles. The van der Waals surface area contributed by atoms with Crippen LogP contribution in [0.1, 0.15) is 12.0 Å². The van der Waals surface area contributed by atoms with Gasteiger partial charge in [0, 0.05) is 35.9 Å². The Balaban J connectivity index is 1.76. The highest BCUT2D eigenvalue weighted by atomic mass is 32.2. The molecule has 0 radical (unpaired) electrons. The Morgan fingerprint density at radius 3 is 2.80 bits per heavy atom. The average molecular weight is 431 g/mol. The third kappa shape index (κ3) is 4.80. The van der Waals surface area contributed by atoms with E-state index in [2.05, 4.69) is 15.3 Å². The molecule has 3 aromatic rings. The summed E-state index contributed by atoms with van der Waals surface area (Å²) in [6.07, 6.45) is 3.48. The third-order valence-electron chi connectivity index (χ3n) is 4.35. The number of ether oxygens (including phenoxy) is 2. The van der Waals surface area contributed by atoms with E-state index in [1.807, 2.05) is 12.3 Å². The first-order chi connectivity index (χ1) is 14.6. The van der Waals surface area contributed by atoms with Gasteiger partial charge in [-0.15, -0.1) is 0 Å². The minimum absolute atomic E-state index is 0.248. The molecule has 0 spiro atoms. The van der Waals surface area contributed by atoms with E-state index in [0.717, 1.165) is 11.8 Å². The van der Waals surface area contributed by atoms with Crippen LogP contribution < -0.4 is 14.8 Å². The van der Waals surface area contributed by atoms with Gasteiger partial charge in [-0.1, -0.05) is 0 Å². The van der Waals surface area contributed by atoms with Crippen LogP contribution in [-0.4, -0.2) is 29.4 Å². The summed E-state index contributed by atoms with van der Waals surface area (Å²) in [5.41, 5.74) is 1.55. The fourth-order valence-electron chi connectivity index (χ4n) is 3.01. The van der Waals surface area contributed by atoms with Gasteiger partial charge in [-0.2, -0.15) is 4.98 Å². The topological polar surface area (TPSA) is 65.5 Å². The molecule has 6 nitrogen and oxygen atoms in total. The van der Waals surface area contributed by atoms with Crippen LogP contribution in [-0.2, 0) is 10.8 Å². The van der Waals surface area contributed by atoms with Gasteiger partial charge in [0.2, 0.25) is 5.88 Å². The van der Waals surface area contributed by atoms with E-state index >= 15 is 0 Å². The minimum Gasteiger partial charge on any atom is -0.493 e. The van der Waals surface area contributed by atoms with Crippen molar-refractivity contribution in [3.8, 4) is 22.8 Å². The van der Waals surface area contributed by atoms with E-state index in [1.165, 1.54) is 36.3 Å². The van der Waals surface area contributed by atoms with E-state index in [-0.39, 0.29) is 17.9 Å². The van der Waals surface area contributed by atoms with Crippen LogP contribution in [0, 0.1) is 11.6 Å². The molecule has 2 aromatic heterocycles. The van der Waals surface area contributed by atoms with Crippen molar-refractivity contribution >= 4 is 23.7 Å². The first kappa shape index (κ1) is 20.4. The van der Waals surface area contributed by atoms with E-state index in [4.69, 9.17) is 13.7 Å². The molecular formula is C21H19F2N3O3S. The maximum atomic E-state index is 14.6. The first-order valence-electron chi connectivity index (χ1n) is 9.27. The number of aromatic nitrogens is 2. The Morgan fingerprint density at radius 1 is 1.07 bits per heavy atom. The molecule has 0 atom stereocenters. The maximum absolute atomic E-state index is 14.6. The van der Waals surface area contributed by atoms with Crippen molar-refractivity contribution in [1.82, 2.24) is 9.97 Å².